The van der Waals surface area contributed by atoms with E-state index in [0.717, 1.165) is 33.5 Å². The van der Waals surface area contributed by atoms with Crippen molar-refractivity contribution in [1.29, 1.82) is 0 Å². The Labute approximate surface area is 319 Å². The Morgan fingerprint density at radius 3 is 1.29 bits per heavy atom. The van der Waals surface area contributed by atoms with Gasteiger partial charge in [0.1, 0.15) is 0 Å². The Balaban J connectivity index is 1.08. The van der Waals surface area contributed by atoms with Gasteiger partial charge in [-0.05, 0) is 73.8 Å². The largest absolute Gasteiger partial charge is 0.255 e. The second-order valence-electron chi connectivity index (χ2n) is 14.2. The highest BCUT2D eigenvalue weighted by atomic mass is 15.0. The third kappa shape index (κ3) is 4.85. The lowest BCUT2D eigenvalue weighted by Gasteiger charge is -2.30. The number of rotatable bonds is 5. The molecule has 2 heterocycles. The molecule has 0 radical (unpaired) electrons. The van der Waals surface area contributed by atoms with Crippen molar-refractivity contribution >= 4 is 0 Å². The van der Waals surface area contributed by atoms with E-state index in [2.05, 4.69) is 158 Å². The van der Waals surface area contributed by atoms with Crippen LogP contribution in [-0.2, 0) is 5.41 Å². The van der Waals surface area contributed by atoms with E-state index in [1.54, 1.807) is 0 Å². The maximum absolute atomic E-state index is 5.17. The normalized spacial score (nSPS) is 12.9. The van der Waals surface area contributed by atoms with E-state index in [4.69, 9.17) is 19.9 Å². The predicted octanol–water partition coefficient (Wildman–Crippen LogP) is 11.9. The molecule has 0 fully saturated rings. The molecule has 1 spiro atoms. The zero-order valence-corrected chi connectivity index (χ0v) is 29.8. The minimum atomic E-state index is -0.403. The molecule has 0 bridgehead atoms. The molecule has 2 aromatic heterocycles. The van der Waals surface area contributed by atoms with Crippen LogP contribution in [0, 0.1) is 0 Å². The van der Waals surface area contributed by atoms with E-state index in [1.165, 1.54) is 50.1 Å². The molecule has 256 valence electrons. The highest BCUT2D eigenvalue weighted by Crippen LogP contribution is 2.62. The molecule has 4 nitrogen and oxygen atoms in total. The van der Waals surface area contributed by atoms with Gasteiger partial charge in [-0.1, -0.05) is 170 Å². The minimum Gasteiger partial charge on any atom is -0.255 e. The van der Waals surface area contributed by atoms with Crippen LogP contribution in [0.2, 0.25) is 0 Å². The van der Waals surface area contributed by atoms with Crippen LogP contribution in [0.3, 0.4) is 0 Å². The predicted molar refractivity (Wildman–Crippen MR) is 221 cm³/mol. The monoisotopic (exact) mass is 700 g/mol. The summed E-state index contributed by atoms with van der Waals surface area (Å²) in [5, 5.41) is 0. The first kappa shape index (κ1) is 31.2. The first-order valence-corrected chi connectivity index (χ1v) is 18.6. The van der Waals surface area contributed by atoms with Crippen LogP contribution in [0.4, 0.5) is 0 Å². The van der Waals surface area contributed by atoms with Crippen LogP contribution in [0.5, 0.6) is 0 Å². The van der Waals surface area contributed by atoms with Gasteiger partial charge in [0.05, 0.1) is 11.1 Å². The molecule has 0 amide bonds. The molecule has 4 heteroatoms. The number of nitrogens with zero attached hydrogens (tertiary/aromatic N) is 4. The van der Waals surface area contributed by atoms with Crippen molar-refractivity contribution in [2.24, 2.45) is 0 Å². The van der Waals surface area contributed by atoms with Gasteiger partial charge < -0.3 is 0 Å². The molecule has 0 N–H and O–H groups in total. The summed E-state index contributed by atoms with van der Waals surface area (Å²) in [6, 6.07) is 66.6. The lowest BCUT2D eigenvalue weighted by Crippen LogP contribution is -2.25. The number of hydrogen-bond donors (Lipinski definition) is 0. The third-order valence-corrected chi connectivity index (χ3v) is 11.2. The van der Waals surface area contributed by atoms with Crippen molar-refractivity contribution in [3.63, 3.8) is 0 Å². The number of benzene rings is 7. The summed E-state index contributed by atoms with van der Waals surface area (Å²) in [6.07, 6.45) is 1.86. The Bertz CT molecular complexity index is 2750. The lowest BCUT2D eigenvalue weighted by molar-refractivity contribution is 0.794. The van der Waals surface area contributed by atoms with E-state index in [9.17, 15) is 0 Å². The summed E-state index contributed by atoms with van der Waals surface area (Å²) in [6.45, 7) is 0. The Kier molecular flexibility index (Phi) is 7.04. The fourth-order valence-electron chi connectivity index (χ4n) is 8.75. The molecule has 55 heavy (non-hydrogen) atoms. The second kappa shape index (κ2) is 12.4. The van der Waals surface area contributed by atoms with Crippen molar-refractivity contribution < 1.29 is 0 Å². The first-order chi connectivity index (χ1) is 27.3. The topological polar surface area (TPSA) is 51.6 Å². The molecule has 0 atom stereocenters. The van der Waals surface area contributed by atoms with Gasteiger partial charge in [-0.3, -0.25) is 4.98 Å². The van der Waals surface area contributed by atoms with Crippen molar-refractivity contribution in [3.05, 3.63) is 217 Å². The summed E-state index contributed by atoms with van der Waals surface area (Å²) < 4.78 is 0. The third-order valence-electron chi connectivity index (χ3n) is 11.2. The Morgan fingerprint density at radius 1 is 0.291 bits per heavy atom. The molecule has 0 unspecified atom stereocenters. The van der Waals surface area contributed by atoms with E-state index >= 15 is 0 Å². The van der Waals surface area contributed by atoms with E-state index in [0.29, 0.717) is 17.5 Å². The zero-order valence-electron chi connectivity index (χ0n) is 29.8. The van der Waals surface area contributed by atoms with Crippen LogP contribution in [0.1, 0.15) is 22.3 Å². The van der Waals surface area contributed by atoms with E-state index < -0.39 is 5.41 Å². The quantitative estimate of drug-likeness (QED) is 0.179. The SMILES string of the molecule is c1ccc(-c2ccc(-c3nc(-c4ccc(-c5ccccc5)nc4)nc(-c4ccc5c(c4)-c4ccccc4C54c5ccccc5-c5ccccc54)n3)cc2)cc1. The summed E-state index contributed by atoms with van der Waals surface area (Å²) in [5.74, 6) is 1.81. The number of fused-ring (bicyclic) bond motifs is 10. The summed E-state index contributed by atoms with van der Waals surface area (Å²) in [5.41, 5.74) is 16.8. The molecule has 2 aliphatic carbocycles. The van der Waals surface area contributed by atoms with Crippen molar-refractivity contribution in [2.45, 2.75) is 5.41 Å². The van der Waals surface area contributed by atoms with Gasteiger partial charge in [0.15, 0.2) is 17.5 Å². The molecular formula is C51H32N4. The maximum Gasteiger partial charge on any atom is 0.165 e. The van der Waals surface area contributed by atoms with Crippen LogP contribution >= 0.6 is 0 Å². The van der Waals surface area contributed by atoms with Gasteiger partial charge in [-0.15, -0.1) is 0 Å². The second-order valence-corrected chi connectivity index (χ2v) is 14.2. The minimum absolute atomic E-state index is 0.403. The molecular weight excluding hydrogens is 669 g/mol. The molecule has 0 saturated carbocycles. The Morgan fingerprint density at radius 2 is 0.709 bits per heavy atom. The van der Waals surface area contributed by atoms with Gasteiger partial charge in [0.25, 0.3) is 0 Å². The zero-order chi connectivity index (χ0) is 36.3. The average Bonchev–Trinajstić information content (AvgIpc) is 3.74. The van der Waals surface area contributed by atoms with Crippen molar-refractivity contribution in [3.8, 4) is 78.8 Å². The fraction of sp³-hybridized carbons (Fsp3) is 0.0196. The number of aromatic nitrogens is 4. The van der Waals surface area contributed by atoms with Gasteiger partial charge in [-0.25, -0.2) is 15.0 Å². The highest BCUT2D eigenvalue weighted by Gasteiger charge is 2.51. The fourth-order valence-corrected chi connectivity index (χ4v) is 8.75. The van der Waals surface area contributed by atoms with Crippen LogP contribution in [-0.4, -0.2) is 19.9 Å². The highest BCUT2D eigenvalue weighted by molar-refractivity contribution is 5.95. The number of hydrogen-bond acceptors (Lipinski definition) is 4. The van der Waals surface area contributed by atoms with Crippen LogP contribution < -0.4 is 0 Å². The lowest BCUT2D eigenvalue weighted by atomic mass is 9.70. The number of pyridine rings is 1. The standard InChI is InChI=1S/C51H32N4/c1-3-13-33(14-4-1)34-23-25-36(26-24-34)48-53-49(55-50(54-48)38-28-30-47(52-32-38)35-15-5-2-6-16-35)37-27-29-46-42(31-37)41-19-9-12-22-45(41)51(46)43-20-10-7-17-39(43)40-18-8-11-21-44(40)51/h1-32H. The molecule has 11 rings (SSSR count). The van der Waals surface area contributed by atoms with Crippen molar-refractivity contribution in [1.82, 2.24) is 19.9 Å². The maximum atomic E-state index is 5.17. The summed E-state index contributed by atoms with van der Waals surface area (Å²) in [4.78, 5) is 20.2. The van der Waals surface area contributed by atoms with Gasteiger partial charge >= 0.3 is 0 Å². The van der Waals surface area contributed by atoms with E-state index in [1.807, 2.05) is 36.5 Å². The molecule has 2 aliphatic rings. The van der Waals surface area contributed by atoms with Gasteiger partial charge in [-0.2, -0.15) is 0 Å². The van der Waals surface area contributed by atoms with Gasteiger partial charge in [0, 0.05) is 28.5 Å². The molecule has 9 aromatic rings. The summed E-state index contributed by atoms with van der Waals surface area (Å²) >= 11 is 0. The van der Waals surface area contributed by atoms with Crippen LogP contribution in [0.15, 0.2) is 194 Å². The Hall–Kier alpha value is -7.30. The average molecular weight is 701 g/mol. The smallest absolute Gasteiger partial charge is 0.165 e. The van der Waals surface area contributed by atoms with Gasteiger partial charge in [0.2, 0.25) is 0 Å². The van der Waals surface area contributed by atoms with Crippen LogP contribution in [0.25, 0.3) is 78.8 Å². The van der Waals surface area contributed by atoms with Crippen molar-refractivity contribution in [2.75, 3.05) is 0 Å². The first-order valence-electron chi connectivity index (χ1n) is 18.6. The summed E-state index contributed by atoms with van der Waals surface area (Å²) in [7, 11) is 0. The molecule has 7 aromatic carbocycles. The van der Waals surface area contributed by atoms with E-state index in [-0.39, 0.29) is 0 Å². The molecule has 0 saturated heterocycles. The molecule has 0 aliphatic heterocycles.